The van der Waals surface area contributed by atoms with Crippen LogP contribution < -0.4 is 20.3 Å². The molecular formula is C23H22N4O5. The van der Waals surface area contributed by atoms with Gasteiger partial charge in [0.1, 0.15) is 12.3 Å². The van der Waals surface area contributed by atoms with Gasteiger partial charge in [-0.3, -0.25) is 19.3 Å². The molecule has 3 aliphatic rings. The Kier molecular flexibility index (Phi) is 4.80. The Morgan fingerprint density at radius 1 is 1.09 bits per heavy atom. The zero-order valence-corrected chi connectivity index (χ0v) is 17.3. The van der Waals surface area contributed by atoms with Crippen molar-refractivity contribution >= 4 is 35.1 Å². The molecule has 2 aromatic rings. The summed E-state index contributed by atoms with van der Waals surface area (Å²) in [4.78, 5) is 53.5. The number of hydrogen-bond donors (Lipinski definition) is 2. The third kappa shape index (κ3) is 3.17. The maximum atomic E-state index is 13.3. The first-order valence-corrected chi connectivity index (χ1v) is 10.6. The van der Waals surface area contributed by atoms with E-state index in [4.69, 9.17) is 4.74 Å². The van der Waals surface area contributed by atoms with Crippen molar-refractivity contribution in [2.45, 2.75) is 24.8 Å². The normalized spacial score (nSPS) is 22.1. The van der Waals surface area contributed by atoms with Gasteiger partial charge in [0.15, 0.2) is 5.54 Å². The third-order valence-electron chi connectivity index (χ3n) is 6.10. The van der Waals surface area contributed by atoms with Crippen LogP contribution in [0.4, 0.5) is 16.2 Å². The number of para-hydroxylation sites is 3. The highest BCUT2D eigenvalue weighted by Gasteiger charge is 2.55. The average molecular weight is 434 g/mol. The van der Waals surface area contributed by atoms with E-state index in [1.807, 2.05) is 0 Å². The van der Waals surface area contributed by atoms with Gasteiger partial charge in [0.25, 0.3) is 5.91 Å². The number of nitrogens with zero attached hydrogens (tertiary/aromatic N) is 2. The highest BCUT2D eigenvalue weighted by molar-refractivity contribution is 6.11. The van der Waals surface area contributed by atoms with Crippen LogP contribution in [0.25, 0.3) is 0 Å². The lowest BCUT2D eigenvalue weighted by molar-refractivity contribution is -0.135. The van der Waals surface area contributed by atoms with Crippen LogP contribution in [0.1, 0.15) is 24.8 Å². The number of ether oxygens (including phenoxy) is 1. The van der Waals surface area contributed by atoms with E-state index < -0.39 is 29.9 Å². The van der Waals surface area contributed by atoms with Crippen LogP contribution in [0.2, 0.25) is 0 Å². The highest BCUT2D eigenvalue weighted by atomic mass is 16.5. The van der Waals surface area contributed by atoms with E-state index in [1.165, 1.54) is 0 Å². The smallest absolute Gasteiger partial charge is 0.325 e. The van der Waals surface area contributed by atoms with Gasteiger partial charge < -0.3 is 20.3 Å². The van der Waals surface area contributed by atoms with Crippen LogP contribution in [0.5, 0.6) is 5.75 Å². The fraction of sp³-hybridized carbons (Fsp3) is 0.304. The van der Waals surface area contributed by atoms with Gasteiger partial charge >= 0.3 is 6.03 Å². The minimum atomic E-state index is -1.23. The number of rotatable bonds is 4. The number of urea groups is 1. The minimum absolute atomic E-state index is 0.000854. The van der Waals surface area contributed by atoms with Gasteiger partial charge in [-0.2, -0.15) is 0 Å². The summed E-state index contributed by atoms with van der Waals surface area (Å²) in [6.07, 6.45) is 1.52. The number of hydrogen-bond acceptors (Lipinski definition) is 5. The van der Waals surface area contributed by atoms with Gasteiger partial charge in [0.05, 0.1) is 18.0 Å². The number of amides is 5. The monoisotopic (exact) mass is 434 g/mol. The third-order valence-corrected chi connectivity index (χ3v) is 6.10. The molecule has 5 amide bonds. The van der Waals surface area contributed by atoms with Gasteiger partial charge in [-0.05, 0) is 24.6 Å². The zero-order valence-electron chi connectivity index (χ0n) is 17.3. The Bertz CT molecular complexity index is 1130. The van der Waals surface area contributed by atoms with Crippen molar-refractivity contribution in [3.05, 3.63) is 54.1 Å². The van der Waals surface area contributed by atoms with E-state index in [1.54, 1.807) is 53.4 Å². The lowest BCUT2D eigenvalue weighted by atomic mass is 9.84. The Hall–Kier alpha value is -3.88. The summed E-state index contributed by atoms with van der Waals surface area (Å²) in [6.45, 7) is 0.431. The Labute approximate surface area is 184 Å². The van der Waals surface area contributed by atoms with Gasteiger partial charge in [-0.15, -0.1) is 0 Å². The molecule has 2 fully saturated rings. The average Bonchev–Trinajstić information content (AvgIpc) is 3.31. The van der Waals surface area contributed by atoms with Crippen molar-refractivity contribution in [1.82, 2.24) is 10.2 Å². The molecule has 2 aromatic carbocycles. The van der Waals surface area contributed by atoms with E-state index >= 15 is 0 Å². The lowest BCUT2D eigenvalue weighted by Crippen LogP contribution is -2.48. The van der Waals surface area contributed by atoms with Crippen molar-refractivity contribution in [3.63, 3.8) is 0 Å². The van der Waals surface area contributed by atoms with Crippen LogP contribution in [-0.4, -0.2) is 48.3 Å². The lowest BCUT2D eigenvalue weighted by Gasteiger charge is -2.33. The van der Waals surface area contributed by atoms with E-state index in [0.29, 0.717) is 35.7 Å². The van der Waals surface area contributed by atoms with Gasteiger partial charge in [0.2, 0.25) is 11.8 Å². The molecule has 0 bridgehead atoms. The molecule has 9 heteroatoms. The van der Waals surface area contributed by atoms with Crippen molar-refractivity contribution < 1.29 is 23.9 Å². The molecule has 0 aliphatic carbocycles. The summed E-state index contributed by atoms with van der Waals surface area (Å²) in [7, 11) is 0. The maximum Gasteiger partial charge on any atom is 0.325 e. The maximum absolute atomic E-state index is 13.3. The predicted molar refractivity (Wildman–Crippen MR) is 115 cm³/mol. The van der Waals surface area contributed by atoms with Crippen molar-refractivity contribution in [1.29, 1.82) is 0 Å². The highest BCUT2D eigenvalue weighted by Crippen LogP contribution is 2.41. The molecular weight excluding hydrogens is 412 g/mol. The molecule has 164 valence electrons. The van der Waals surface area contributed by atoms with Gasteiger partial charge in [0, 0.05) is 24.9 Å². The summed E-state index contributed by atoms with van der Waals surface area (Å²) in [6, 6.07) is 13.5. The fourth-order valence-corrected chi connectivity index (χ4v) is 4.57. The number of carbonyl (C=O) groups is 4. The molecule has 2 saturated heterocycles. The first kappa shape index (κ1) is 20.0. The summed E-state index contributed by atoms with van der Waals surface area (Å²) < 4.78 is 5.63. The second kappa shape index (κ2) is 7.67. The molecule has 9 nitrogen and oxygen atoms in total. The summed E-state index contributed by atoms with van der Waals surface area (Å²) in [5.74, 6) is -0.453. The Morgan fingerprint density at radius 3 is 2.69 bits per heavy atom. The van der Waals surface area contributed by atoms with E-state index in [9.17, 15) is 19.2 Å². The van der Waals surface area contributed by atoms with E-state index in [0.717, 1.165) is 11.3 Å². The van der Waals surface area contributed by atoms with Crippen LogP contribution in [-0.2, 0) is 19.9 Å². The van der Waals surface area contributed by atoms with E-state index in [2.05, 4.69) is 10.6 Å². The number of carbonyl (C=O) groups excluding carboxylic acids is 4. The molecule has 32 heavy (non-hydrogen) atoms. The molecule has 0 saturated carbocycles. The molecule has 1 unspecified atom stereocenters. The molecule has 0 aromatic heterocycles. The van der Waals surface area contributed by atoms with Crippen molar-refractivity contribution in [2.24, 2.45) is 0 Å². The van der Waals surface area contributed by atoms with Crippen LogP contribution in [0.3, 0.4) is 0 Å². The fourth-order valence-electron chi connectivity index (χ4n) is 4.57. The summed E-state index contributed by atoms with van der Waals surface area (Å²) in [5, 5.41) is 5.54. The number of fused-ring (bicyclic) bond motifs is 2. The van der Waals surface area contributed by atoms with E-state index in [-0.39, 0.29) is 18.9 Å². The number of benzene rings is 2. The number of imide groups is 1. The quantitative estimate of drug-likeness (QED) is 0.716. The summed E-state index contributed by atoms with van der Waals surface area (Å²) >= 11 is 0. The standard InChI is InChI=1S/C23H22N4O5/c28-19(24-16-7-2-3-8-17(16)26-12-5-10-20(26)29)14-27-21(30)23(25-22(27)31)11-13-32-18-9-4-1-6-15(18)23/h1-4,6-9H,5,10-14H2,(H,24,28)(H,25,31). The zero-order chi connectivity index (χ0) is 22.3. The second-order valence-electron chi connectivity index (χ2n) is 8.04. The molecule has 2 N–H and O–H groups in total. The van der Waals surface area contributed by atoms with Crippen LogP contribution in [0.15, 0.2) is 48.5 Å². The molecule has 1 atom stereocenters. The van der Waals surface area contributed by atoms with Crippen molar-refractivity contribution in [3.8, 4) is 5.75 Å². The largest absolute Gasteiger partial charge is 0.493 e. The van der Waals surface area contributed by atoms with Crippen molar-refractivity contribution in [2.75, 3.05) is 29.9 Å². The number of anilines is 2. The first-order valence-electron chi connectivity index (χ1n) is 10.6. The van der Waals surface area contributed by atoms with Crippen LogP contribution in [0, 0.1) is 0 Å². The SMILES string of the molecule is O=C(CN1C(=O)NC2(CCOc3ccccc32)C1=O)Nc1ccccc1N1CCCC1=O. The Balaban J connectivity index is 1.35. The van der Waals surface area contributed by atoms with Gasteiger partial charge in [-0.25, -0.2) is 4.79 Å². The number of nitrogens with one attached hydrogen (secondary N) is 2. The molecule has 1 spiro atoms. The predicted octanol–water partition coefficient (Wildman–Crippen LogP) is 1.98. The van der Waals surface area contributed by atoms with Crippen LogP contribution >= 0.6 is 0 Å². The molecule has 5 rings (SSSR count). The summed E-state index contributed by atoms with van der Waals surface area (Å²) in [5.41, 5.74) is 0.429. The molecule has 3 heterocycles. The Morgan fingerprint density at radius 2 is 1.88 bits per heavy atom. The minimum Gasteiger partial charge on any atom is -0.493 e. The first-order chi connectivity index (χ1) is 15.5. The van der Waals surface area contributed by atoms with Gasteiger partial charge in [-0.1, -0.05) is 30.3 Å². The molecule has 0 radical (unpaired) electrons. The molecule has 3 aliphatic heterocycles. The topological polar surface area (TPSA) is 108 Å². The second-order valence-corrected chi connectivity index (χ2v) is 8.04.